The highest BCUT2D eigenvalue weighted by Crippen LogP contribution is 2.22. The zero-order valence-corrected chi connectivity index (χ0v) is 16.1. The van der Waals surface area contributed by atoms with Crippen molar-refractivity contribution in [3.05, 3.63) is 54.6 Å². The molecule has 2 N–H and O–H groups in total. The van der Waals surface area contributed by atoms with Crippen molar-refractivity contribution in [1.29, 1.82) is 0 Å². The normalized spacial score (nSPS) is 18.9. The molecule has 148 valence electrons. The summed E-state index contributed by atoms with van der Waals surface area (Å²) in [5.74, 6) is 1.33. The smallest absolute Gasteiger partial charge is 0.309 e. The lowest BCUT2D eigenvalue weighted by Gasteiger charge is -2.27. The van der Waals surface area contributed by atoms with E-state index in [0.717, 1.165) is 43.1 Å². The number of anilines is 1. The zero-order chi connectivity index (χ0) is 19.8. The van der Waals surface area contributed by atoms with E-state index < -0.39 is 0 Å². The van der Waals surface area contributed by atoms with Crippen LogP contribution in [0.2, 0.25) is 0 Å². The van der Waals surface area contributed by atoms with Gasteiger partial charge in [0.05, 0.1) is 25.6 Å². The van der Waals surface area contributed by atoms with Crippen molar-refractivity contribution in [2.24, 2.45) is 5.92 Å². The van der Waals surface area contributed by atoms with Gasteiger partial charge in [0, 0.05) is 18.5 Å². The predicted molar refractivity (Wildman–Crippen MR) is 107 cm³/mol. The Morgan fingerprint density at radius 1 is 1.00 bits per heavy atom. The summed E-state index contributed by atoms with van der Waals surface area (Å²) < 4.78 is 10.8. The second-order valence-electron chi connectivity index (χ2n) is 6.94. The molecule has 0 atom stereocenters. The fraction of sp³-hybridized carbons (Fsp3) is 0.364. The summed E-state index contributed by atoms with van der Waals surface area (Å²) in [4.78, 5) is 25.3. The van der Waals surface area contributed by atoms with Crippen LogP contribution in [-0.2, 0) is 14.3 Å². The number of benzene rings is 2. The highest BCUT2D eigenvalue weighted by molar-refractivity contribution is 5.91. The Hall–Kier alpha value is -2.86. The summed E-state index contributed by atoms with van der Waals surface area (Å²) in [6.45, 7) is 4.26. The van der Waals surface area contributed by atoms with E-state index in [0.29, 0.717) is 13.2 Å². The number of piperidine rings is 1. The number of hydrogen-bond acceptors (Lipinski definition) is 4. The van der Waals surface area contributed by atoms with Crippen LogP contribution in [0.5, 0.6) is 11.5 Å². The van der Waals surface area contributed by atoms with Crippen LogP contribution in [0.15, 0.2) is 54.6 Å². The lowest BCUT2D eigenvalue weighted by molar-refractivity contribution is -0.897. The number of ether oxygens (including phenoxy) is 2. The van der Waals surface area contributed by atoms with Crippen LogP contribution in [0.3, 0.4) is 0 Å². The molecule has 2 aromatic rings. The number of carbonyl (C=O) groups is 2. The molecule has 0 saturated carbocycles. The molecule has 1 saturated heterocycles. The van der Waals surface area contributed by atoms with Crippen LogP contribution in [0.1, 0.15) is 19.8 Å². The van der Waals surface area contributed by atoms with E-state index >= 15 is 0 Å². The van der Waals surface area contributed by atoms with E-state index in [2.05, 4.69) is 5.32 Å². The van der Waals surface area contributed by atoms with Gasteiger partial charge < -0.3 is 19.7 Å². The van der Waals surface area contributed by atoms with Gasteiger partial charge in [0.15, 0.2) is 6.54 Å². The fourth-order valence-corrected chi connectivity index (χ4v) is 3.36. The van der Waals surface area contributed by atoms with Crippen molar-refractivity contribution in [2.45, 2.75) is 19.8 Å². The van der Waals surface area contributed by atoms with E-state index in [1.54, 1.807) is 0 Å². The second kappa shape index (κ2) is 9.90. The van der Waals surface area contributed by atoms with Gasteiger partial charge in [-0.2, -0.15) is 0 Å². The van der Waals surface area contributed by atoms with Gasteiger partial charge in [0.25, 0.3) is 5.91 Å². The maximum atomic E-state index is 12.3. The van der Waals surface area contributed by atoms with Crippen molar-refractivity contribution >= 4 is 17.6 Å². The zero-order valence-electron chi connectivity index (χ0n) is 16.1. The van der Waals surface area contributed by atoms with E-state index in [1.807, 2.05) is 61.5 Å². The summed E-state index contributed by atoms with van der Waals surface area (Å²) in [6.07, 6.45) is 1.54. The van der Waals surface area contributed by atoms with Gasteiger partial charge in [0.1, 0.15) is 11.5 Å². The van der Waals surface area contributed by atoms with Crippen LogP contribution in [0.25, 0.3) is 0 Å². The lowest BCUT2D eigenvalue weighted by atomic mass is 9.97. The average molecular weight is 383 g/mol. The average Bonchev–Trinajstić information content (AvgIpc) is 2.71. The largest absolute Gasteiger partial charge is 0.466 e. The molecule has 28 heavy (non-hydrogen) atoms. The van der Waals surface area contributed by atoms with Gasteiger partial charge in [-0.05, 0) is 43.3 Å². The molecule has 1 amide bonds. The van der Waals surface area contributed by atoms with Gasteiger partial charge in [-0.1, -0.05) is 18.2 Å². The predicted octanol–water partition coefficient (Wildman–Crippen LogP) is 2.28. The van der Waals surface area contributed by atoms with Crippen molar-refractivity contribution < 1.29 is 24.0 Å². The van der Waals surface area contributed by atoms with E-state index in [1.165, 1.54) is 4.90 Å². The maximum absolute atomic E-state index is 12.3. The van der Waals surface area contributed by atoms with Gasteiger partial charge in [0.2, 0.25) is 0 Å². The number of carbonyl (C=O) groups excluding carboxylic acids is 2. The first-order valence-corrected chi connectivity index (χ1v) is 9.77. The molecule has 0 unspecified atom stereocenters. The monoisotopic (exact) mass is 383 g/mol. The van der Waals surface area contributed by atoms with Crippen LogP contribution in [0.4, 0.5) is 5.69 Å². The quantitative estimate of drug-likeness (QED) is 0.720. The van der Waals surface area contributed by atoms with Gasteiger partial charge >= 0.3 is 5.97 Å². The molecule has 1 aliphatic rings. The third-order valence-electron chi connectivity index (χ3n) is 4.84. The summed E-state index contributed by atoms with van der Waals surface area (Å²) >= 11 is 0. The Morgan fingerprint density at radius 2 is 1.64 bits per heavy atom. The molecule has 1 fully saturated rings. The van der Waals surface area contributed by atoms with Crippen molar-refractivity contribution in [3.8, 4) is 11.5 Å². The number of para-hydroxylation sites is 1. The van der Waals surface area contributed by atoms with Crippen molar-refractivity contribution in [2.75, 3.05) is 31.6 Å². The minimum Gasteiger partial charge on any atom is -0.466 e. The van der Waals surface area contributed by atoms with Crippen LogP contribution in [0, 0.1) is 5.92 Å². The second-order valence-corrected chi connectivity index (χ2v) is 6.94. The Morgan fingerprint density at radius 3 is 2.29 bits per heavy atom. The SMILES string of the molecule is CCOC(=O)C1CC[NH+](CC(=O)Nc2ccc(Oc3ccccc3)cc2)CC1. The minimum atomic E-state index is -0.108. The third-order valence-corrected chi connectivity index (χ3v) is 4.84. The Labute approximate surface area is 165 Å². The first-order chi connectivity index (χ1) is 13.6. The van der Waals surface area contributed by atoms with Crippen LogP contribution in [-0.4, -0.2) is 38.1 Å². The maximum Gasteiger partial charge on any atom is 0.309 e. The number of quaternary nitrogens is 1. The highest BCUT2D eigenvalue weighted by Gasteiger charge is 2.29. The minimum absolute atomic E-state index is 0.0241. The van der Waals surface area contributed by atoms with Gasteiger partial charge in [-0.25, -0.2) is 0 Å². The van der Waals surface area contributed by atoms with Gasteiger partial charge in [-0.3, -0.25) is 9.59 Å². The number of amides is 1. The molecule has 6 nitrogen and oxygen atoms in total. The Bertz CT molecular complexity index is 769. The summed E-state index contributed by atoms with van der Waals surface area (Å²) in [6, 6.07) is 16.9. The summed E-state index contributed by atoms with van der Waals surface area (Å²) in [7, 11) is 0. The number of esters is 1. The topological polar surface area (TPSA) is 69.1 Å². The van der Waals surface area contributed by atoms with E-state index in [4.69, 9.17) is 9.47 Å². The molecule has 6 heteroatoms. The highest BCUT2D eigenvalue weighted by atomic mass is 16.5. The number of nitrogens with one attached hydrogen (secondary N) is 2. The number of rotatable bonds is 7. The number of likely N-dealkylation sites (tertiary alicyclic amines) is 1. The molecule has 0 aromatic heterocycles. The Kier molecular flexibility index (Phi) is 7.03. The standard InChI is InChI=1S/C22H26N2O4/c1-2-27-22(26)17-12-14-24(15-13-17)16-21(25)23-18-8-10-20(11-9-18)28-19-6-4-3-5-7-19/h3-11,17H,2,12-16H2,1H3,(H,23,25)/p+1. The molecule has 1 aliphatic heterocycles. The molecule has 3 rings (SSSR count). The summed E-state index contributed by atoms with van der Waals surface area (Å²) in [5, 5.41) is 2.93. The fourth-order valence-electron chi connectivity index (χ4n) is 3.36. The molecule has 0 spiro atoms. The number of hydrogen-bond donors (Lipinski definition) is 2. The first kappa shape index (κ1) is 19.9. The Balaban J connectivity index is 1.43. The molecule has 2 aromatic carbocycles. The third kappa shape index (κ3) is 5.82. The van der Waals surface area contributed by atoms with E-state index in [9.17, 15) is 9.59 Å². The molecular formula is C22H27N2O4+. The molecule has 0 aliphatic carbocycles. The lowest BCUT2D eigenvalue weighted by Crippen LogP contribution is -3.14. The van der Waals surface area contributed by atoms with Crippen LogP contribution < -0.4 is 15.0 Å². The first-order valence-electron chi connectivity index (χ1n) is 9.77. The molecule has 0 radical (unpaired) electrons. The summed E-state index contributed by atoms with van der Waals surface area (Å²) in [5.41, 5.74) is 0.742. The van der Waals surface area contributed by atoms with Crippen LogP contribution >= 0.6 is 0 Å². The van der Waals surface area contributed by atoms with Crippen molar-refractivity contribution in [3.63, 3.8) is 0 Å². The molecule has 1 heterocycles. The van der Waals surface area contributed by atoms with Crippen molar-refractivity contribution in [1.82, 2.24) is 0 Å². The van der Waals surface area contributed by atoms with E-state index in [-0.39, 0.29) is 17.8 Å². The molecular weight excluding hydrogens is 356 g/mol. The molecule has 0 bridgehead atoms. The van der Waals surface area contributed by atoms with Gasteiger partial charge in [-0.15, -0.1) is 0 Å².